The summed E-state index contributed by atoms with van der Waals surface area (Å²) < 4.78 is 0. The van der Waals surface area contributed by atoms with Crippen molar-refractivity contribution in [2.75, 3.05) is 13.1 Å². The normalized spacial score (nSPS) is 31.0. The van der Waals surface area contributed by atoms with Crippen LogP contribution in [-0.2, 0) is 0 Å². The molecule has 2 amide bonds. The number of benzene rings is 1. The van der Waals surface area contributed by atoms with Crippen molar-refractivity contribution in [3.63, 3.8) is 0 Å². The average molecular weight is 299 g/mol. The SMILES string of the molecule is NC1CC2CCC(C1)N2CCN1C(=O)c2ccccc2C1=O. The Balaban J connectivity index is 1.45. The number of fused-ring (bicyclic) bond motifs is 3. The molecule has 2 N–H and O–H groups in total. The van der Waals surface area contributed by atoms with E-state index in [2.05, 4.69) is 4.90 Å². The van der Waals surface area contributed by atoms with Gasteiger partial charge in [0.2, 0.25) is 0 Å². The van der Waals surface area contributed by atoms with E-state index in [1.165, 1.54) is 17.7 Å². The lowest BCUT2D eigenvalue weighted by Gasteiger charge is -2.38. The van der Waals surface area contributed by atoms with Gasteiger partial charge in [-0.1, -0.05) is 12.1 Å². The number of hydrogen-bond donors (Lipinski definition) is 1. The smallest absolute Gasteiger partial charge is 0.261 e. The van der Waals surface area contributed by atoms with Crippen molar-refractivity contribution in [2.45, 2.75) is 43.8 Å². The first-order valence-corrected chi connectivity index (χ1v) is 8.11. The zero-order valence-electron chi connectivity index (χ0n) is 12.6. The Morgan fingerprint density at radius 3 is 2.05 bits per heavy atom. The molecule has 1 aromatic carbocycles. The summed E-state index contributed by atoms with van der Waals surface area (Å²) in [6.07, 6.45) is 4.47. The topological polar surface area (TPSA) is 66.6 Å². The van der Waals surface area contributed by atoms with Crippen LogP contribution < -0.4 is 5.73 Å². The molecule has 5 nitrogen and oxygen atoms in total. The number of rotatable bonds is 3. The minimum absolute atomic E-state index is 0.151. The van der Waals surface area contributed by atoms with E-state index in [-0.39, 0.29) is 11.8 Å². The fourth-order valence-electron chi connectivity index (χ4n) is 4.34. The number of piperidine rings is 1. The molecule has 0 spiro atoms. The van der Waals surface area contributed by atoms with E-state index in [4.69, 9.17) is 5.73 Å². The van der Waals surface area contributed by atoms with Gasteiger partial charge in [-0.3, -0.25) is 19.4 Å². The van der Waals surface area contributed by atoms with E-state index < -0.39 is 0 Å². The first-order valence-electron chi connectivity index (χ1n) is 8.11. The number of hydrogen-bond acceptors (Lipinski definition) is 4. The lowest BCUT2D eigenvalue weighted by Crippen LogP contribution is -2.50. The van der Waals surface area contributed by atoms with Crippen LogP contribution in [0.25, 0.3) is 0 Å². The first-order chi connectivity index (χ1) is 10.6. The van der Waals surface area contributed by atoms with Gasteiger partial charge in [0.05, 0.1) is 11.1 Å². The van der Waals surface area contributed by atoms with Crippen LogP contribution >= 0.6 is 0 Å². The van der Waals surface area contributed by atoms with Crippen LogP contribution in [0.1, 0.15) is 46.4 Å². The summed E-state index contributed by atoms with van der Waals surface area (Å²) in [5.74, 6) is -0.302. The molecule has 3 aliphatic heterocycles. The molecule has 5 heteroatoms. The molecule has 2 fully saturated rings. The summed E-state index contributed by atoms with van der Waals surface area (Å²) in [7, 11) is 0. The zero-order valence-corrected chi connectivity index (χ0v) is 12.6. The van der Waals surface area contributed by atoms with Crippen LogP contribution in [-0.4, -0.2) is 52.8 Å². The van der Waals surface area contributed by atoms with E-state index >= 15 is 0 Å². The van der Waals surface area contributed by atoms with Crippen molar-refractivity contribution in [1.29, 1.82) is 0 Å². The maximum atomic E-state index is 12.4. The first kappa shape index (κ1) is 13.9. The Labute approximate surface area is 130 Å². The van der Waals surface area contributed by atoms with Crippen LogP contribution in [0.3, 0.4) is 0 Å². The number of amides is 2. The fourth-order valence-corrected chi connectivity index (χ4v) is 4.34. The predicted octanol–water partition coefficient (Wildman–Crippen LogP) is 1.24. The van der Waals surface area contributed by atoms with Gasteiger partial charge < -0.3 is 5.73 Å². The highest BCUT2D eigenvalue weighted by Gasteiger charge is 2.41. The van der Waals surface area contributed by atoms with E-state index in [1.807, 2.05) is 0 Å². The molecule has 0 radical (unpaired) electrons. The van der Waals surface area contributed by atoms with Gasteiger partial charge in [-0.25, -0.2) is 0 Å². The lowest BCUT2D eigenvalue weighted by molar-refractivity contribution is 0.0593. The van der Waals surface area contributed by atoms with E-state index in [1.54, 1.807) is 24.3 Å². The third-order valence-corrected chi connectivity index (χ3v) is 5.38. The van der Waals surface area contributed by atoms with Gasteiger partial charge in [0, 0.05) is 31.2 Å². The van der Waals surface area contributed by atoms with Crippen LogP contribution in [0.5, 0.6) is 0 Å². The van der Waals surface area contributed by atoms with Crippen molar-refractivity contribution >= 4 is 11.8 Å². The molecule has 4 rings (SSSR count). The van der Waals surface area contributed by atoms with Gasteiger partial charge in [0.1, 0.15) is 0 Å². The van der Waals surface area contributed by atoms with Gasteiger partial charge >= 0.3 is 0 Å². The molecular weight excluding hydrogens is 278 g/mol. The third-order valence-electron chi connectivity index (χ3n) is 5.38. The monoisotopic (exact) mass is 299 g/mol. The summed E-state index contributed by atoms with van der Waals surface area (Å²) in [6, 6.07) is 8.46. The predicted molar refractivity (Wildman–Crippen MR) is 82.5 cm³/mol. The molecular formula is C17H21N3O2. The number of imide groups is 1. The van der Waals surface area contributed by atoms with E-state index in [0.29, 0.717) is 35.8 Å². The molecule has 0 aliphatic carbocycles. The molecule has 0 saturated carbocycles. The van der Waals surface area contributed by atoms with E-state index in [0.717, 1.165) is 19.4 Å². The second kappa shape index (κ2) is 5.18. The Hall–Kier alpha value is -1.72. The second-order valence-corrected chi connectivity index (χ2v) is 6.66. The van der Waals surface area contributed by atoms with Gasteiger partial charge in [-0.2, -0.15) is 0 Å². The average Bonchev–Trinajstić information content (AvgIpc) is 2.90. The quantitative estimate of drug-likeness (QED) is 0.853. The lowest BCUT2D eigenvalue weighted by atomic mass is 9.98. The standard InChI is InChI=1S/C17H21N3O2/c18-11-9-12-5-6-13(10-11)19(12)7-8-20-16(21)14-3-1-2-4-15(14)17(20)22/h1-4,11-13H,5-10,18H2. The van der Waals surface area contributed by atoms with Crippen molar-refractivity contribution < 1.29 is 9.59 Å². The summed E-state index contributed by atoms with van der Waals surface area (Å²) in [4.78, 5) is 28.6. The summed E-state index contributed by atoms with van der Waals surface area (Å²) in [5.41, 5.74) is 7.17. The second-order valence-electron chi connectivity index (χ2n) is 6.66. The van der Waals surface area contributed by atoms with Gasteiger partial charge in [0.15, 0.2) is 0 Å². The number of nitrogens with zero attached hydrogens (tertiary/aromatic N) is 2. The molecule has 2 bridgehead atoms. The van der Waals surface area contributed by atoms with Crippen LogP contribution in [0, 0.1) is 0 Å². The number of nitrogens with two attached hydrogens (primary N) is 1. The molecule has 3 aliphatic rings. The fraction of sp³-hybridized carbons (Fsp3) is 0.529. The zero-order chi connectivity index (χ0) is 15.3. The van der Waals surface area contributed by atoms with Crippen molar-refractivity contribution in [3.8, 4) is 0 Å². The maximum Gasteiger partial charge on any atom is 0.261 e. The molecule has 2 unspecified atom stereocenters. The largest absolute Gasteiger partial charge is 0.328 e. The Morgan fingerprint density at radius 2 is 1.50 bits per heavy atom. The van der Waals surface area contributed by atoms with E-state index in [9.17, 15) is 9.59 Å². The van der Waals surface area contributed by atoms with Gasteiger partial charge in [-0.15, -0.1) is 0 Å². The molecule has 0 aromatic heterocycles. The minimum atomic E-state index is -0.151. The Kier molecular flexibility index (Phi) is 3.27. The Bertz CT molecular complexity index is 581. The van der Waals surface area contributed by atoms with Crippen LogP contribution in [0.15, 0.2) is 24.3 Å². The molecule has 2 atom stereocenters. The highest BCUT2D eigenvalue weighted by molar-refractivity contribution is 6.21. The van der Waals surface area contributed by atoms with Crippen molar-refractivity contribution in [1.82, 2.24) is 9.80 Å². The van der Waals surface area contributed by atoms with Crippen LogP contribution in [0.2, 0.25) is 0 Å². The van der Waals surface area contributed by atoms with Gasteiger partial charge in [0.25, 0.3) is 11.8 Å². The summed E-state index contributed by atoms with van der Waals surface area (Å²) in [6.45, 7) is 1.25. The van der Waals surface area contributed by atoms with Crippen molar-refractivity contribution in [2.24, 2.45) is 5.73 Å². The van der Waals surface area contributed by atoms with Gasteiger partial charge in [-0.05, 0) is 37.8 Å². The number of carbonyl (C=O) groups excluding carboxylic acids is 2. The summed E-state index contributed by atoms with van der Waals surface area (Å²) in [5, 5.41) is 0. The molecule has 116 valence electrons. The number of carbonyl (C=O) groups is 2. The molecule has 1 aromatic rings. The highest BCUT2D eigenvalue weighted by atomic mass is 16.2. The summed E-state index contributed by atoms with van der Waals surface area (Å²) >= 11 is 0. The minimum Gasteiger partial charge on any atom is -0.328 e. The molecule has 2 saturated heterocycles. The molecule has 3 heterocycles. The highest BCUT2D eigenvalue weighted by Crippen LogP contribution is 2.35. The van der Waals surface area contributed by atoms with Crippen molar-refractivity contribution in [3.05, 3.63) is 35.4 Å². The Morgan fingerprint density at radius 1 is 0.955 bits per heavy atom. The third kappa shape index (κ3) is 2.08. The maximum absolute atomic E-state index is 12.4. The molecule has 22 heavy (non-hydrogen) atoms. The van der Waals surface area contributed by atoms with Crippen LogP contribution in [0.4, 0.5) is 0 Å².